The molecule has 98 valence electrons. The van der Waals surface area contributed by atoms with Crippen molar-refractivity contribution in [2.24, 2.45) is 0 Å². The molecule has 0 aliphatic rings. The van der Waals surface area contributed by atoms with E-state index in [0.717, 1.165) is 16.3 Å². The SMILES string of the molecule is O=S(=O)(NCCc1nccs1)c1cc(CO)cs1. The number of hydrogen-bond donors (Lipinski definition) is 2. The van der Waals surface area contributed by atoms with Gasteiger partial charge in [-0.1, -0.05) is 0 Å². The first-order valence-electron chi connectivity index (χ1n) is 5.18. The highest BCUT2D eigenvalue weighted by Crippen LogP contribution is 2.19. The highest BCUT2D eigenvalue weighted by molar-refractivity contribution is 7.91. The molecule has 0 spiro atoms. The Labute approximate surface area is 113 Å². The standard InChI is InChI=1S/C10H12N2O3S3/c13-6-8-5-10(17-7-8)18(14,15)12-2-1-9-11-3-4-16-9/h3-5,7,12-13H,1-2,6H2. The van der Waals surface area contributed by atoms with Gasteiger partial charge >= 0.3 is 0 Å². The van der Waals surface area contributed by atoms with Gasteiger partial charge in [-0.2, -0.15) is 0 Å². The first kappa shape index (κ1) is 13.6. The summed E-state index contributed by atoms with van der Waals surface area (Å²) < 4.78 is 26.5. The Morgan fingerprint density at radius 2 is 2.22 bits per heavy atom. The van der Waals surface area contributed by atoms with E-state index in [2.05, 4.69) is 9.71 Å². The number of aromatic nitrogens is 1. The van der Waals surface area contributed by atoms with Crippen molar-refractivity contribution in [3.8, 4) is 0 Å². The molecule has 2 rings (SSSR count). The van der Waals surface area contributed by atoms with Crippen LogP contribution in [0.5, 0.6) is 0 Å². The lowest BCUT2D eigenvalue weighted by Crippen LogP contribution is -2.25. The fourth-order valence-corrected chi connectivity index (χ4v) is 4.21. The van der Waals surface area contributed by atoms with E-state index in [-0.39, 0.29) is 10.8 Å². The average molecular weight is 304 g/mol. The zero-order valence-electron chi connectivity index (χ0n) is 9.37. The van der Waals surface area contributed by atoms with Gasteiger partial charge in [0.05, 0.1) is 11.6 Å². The number of rotatable bonds is 6. The molecule has 0 bridgehead atoms. The maximum atomic E-state index is 11.9. The molecular formula is C10H12N2O3S3. The van der Waals surface area contributed by atoms with E-state index in [1.54, 1.807) is 11.6 Å². The van der Waals surface area contributed by atoms with Crippen molar-refractivity contribution in [2.45, 2.75) is 17.2 Å². The van der Waals surface area contributed by atoms with Crippen LogP contribution in [0.1, 0.15) is 10.6 Å². The number of aliphatic hydroxyl groups is 1. The minimum Gasteiger partial charge on any atom is -0.392 e. The van der Waals surface area contributed by atoms with Crippen LogP contribution in [-0.2, 0) is 23.1 Å². The lowest BCUT2D eigenvalue weighted by atomic mass is 10.4. The van der Waals surface area contributed by atoms with E-state index in [0.29, 0.717) is 18.5 Å². The molecule has 0 aliphatic heterocycles. The molecule has 0 amide bonds. The van der Waals surface area contributed by atoms with E-state index < -0.39 is 10.0 Å². The predicted molar refractivity (Wildman–Crippen MR) is 71.2 cm³/mol. The minimum absolute atomic E-state index is 0.148. The molecule has 0 saturated carbocycles. The first-order valence-corrected chi connectivity index (χ1v) is 8.42. The van der Waals surface area contributed by atoms with Crippen LogP contribution in [0.4, 0.5) is 0 Å². The summed E-state index contributed by atoms with van der Waals surface area (Å²) in [5, 5.41) is 13.3. The topological polar surface area (TPSA) is 79.3 Å². The third-order valence-corrected chi connectivity index (χ3v) is 5.98. The summed E-state index contributed by atoms with van der Waals surface area (Å²) in [7, 11) is -3.47. The molecule has 8 heteroatoms. The number of thiophene rings is 1. The highest BCUT2D eigenvalue weighted by Gasteiger charge is 2.16. The van der Waals surface area contributed by atoms with Crippen LogP contribution in [-0.4, -0.2) is 25.1 Å². The van der Waals surface area contributed by atoms with Gasteiger partial charge in [0.2, 0.25) is 10.0 Å². The van der Waals surface area contributed by atoms with Crippen molar-refractivity contribution in [3.63, 3.8) is 0 Å². The second-order valence-corrected chi connectivity index (χ2v) is 7.39. The predicted octanol–water partition coefficient (Wildman–Crippen LogP) is 1.22. The Morgan fingerprint density at radius 1 is 1.39 bits per heavy atom. The molecule has 5 nitrogen and oxygen atoms in total. The first-order chi connectivity index (χ1) is 8.62. The van der Waals surface area contributed by atoms with Crippen LogP contribution in [0.15, 0.2) is 27.2 Å². The van der Waals surface area contributed by atoms with E-state index in [9.17, 15) is 8.42 Å². The minimum atomic E-state index is -3.47. The third-order valence-electron chi connectivity index (χ3n) is 2.19. The summed E-state index contributed by atoms with van der Waals surface area (Å²) in [5.74, 6) is 0. The Morgan fingerprint density at radius 3 is 2.83 bits per heavy atom. The van der Waals surface area contributed by atoms with Gasteiger partial charge in [0.25, 0.3) is 0 Å². The van der Waals surface area contributed by atoms with Gasteiger partial charge in [-0.25, -0.2) is 18.1 Å². The Balaban J connectivity index is 1.95. The number of sulfonamides is 1. The fourth-order valence-electron chi connectivity index (χ4n) is 1.32. The third kappa shape index (κ3) is 3.36. The number of nitrogens with one attached hydrogen (secondary N) is 1. The summed E-state index contributed by atoms with van der Waals surface area (Å²) in [4.78, 5) is 4.08. The van der Waals surface area contributed by atoms with Crippen molar-refractivity contribution < 1.29 is 13.5 Å². The van der Waals surface area contributed by atoms with Crippen molar-refractivity contribution >= 4 is 32.7 Å². The van der Waals surface area contributed by atoms with Gasteiger partial charge < -0.3 is 5.11 Å². The average Bonchev–Trinajstić information content (AvgIpc) is 2.99. The molecule has 0 fully saturated rings. The number of nitrogens with zero attached hydrogens (tertiary/aromatic N) is 1. The van der Waals surface area contributed by atoms with Crippen molar-refractivity contribution in [1.82, 2.24) is 9.71 Å². The molecular weight excluding hydrogens is 292 g/mol. The van der Waals surface area contributed by atoms with E-state index in [1.165, 1.54) is 17.4 Å². The molecule has 2 aromatic rings. The summed E-state index contributed by atoms with van der Waals surface area (Å²) >= 11 is 2.61. The largest absolute Gasteiger partial charge is 0.392 e. The summed E-state index contributed by atoms with van der Waals surface area (Å²) in [6.07, 6.45) is 2.27. The molecule has 2 aromatic heterocycles. The smallest absolute Gasteiger partial charge is 0.250 e. The molecule has 0 aromatic carbocycles. The van der Waals surface area contributed by atoms with Gasteiger partial charge in [0.15, 0.2) is 0 Å². The van der Waals surface area contributed by atoms with Gasteiger partial charge in [-0.05, 0) is 17.0 Å². The van der Waals surface area contributed by atoms with Crippen molar-refractivity contribution in [1.29, 1.82) is 0 Å². The summed E-state index contributed by atoms with van der Waals surface area (Å²) in [5.41, 5.74) is 0.611. The normalized spacial score (nSPS) is 11.8. The van der Waals surface area contributed by atoms with Gasteiger partial charge in [0.1, 0.15) is 4.21 Å². The number of aliphatic hydroxyl groups excluding tert-OH is 1. The van der Waals surface area contributed by atoms with Crippen LogP contribution in [0.25, 0.3) is 0 Å². The van der Waals surface area contributed by atoms with Crippen LogP contribution in [0, 0.1) is 0 Å². The van der Waals surface area contributed by atoms with Crippen molar-refractivity contribution in [2.75, 3.05) is 6.54 Å². The highest BCUT2D eigenvalue weighted by atomic mass is 32.2. The van der Waals surface area contributed by atoms with E-state index in [1.807, 2.05) is 5.38 Å². The summed E-state index contributed by atoms with van der Waals surface area (Å²) in [6.45, 7) is 0.174. The Hall–Kier alpha value is -0.800. The molecule has 18 heavy (non-hydrogen) atoms. The molecule has 2 N–H and O–H groups in total. The molecule has 0 atom stereocenters. The fraction of sp³-hybridized carbons (Fsp3) is 0.300. The van der Waals surface area contributed by atoms with Crippen LogP contribution in [0.2, 0.25) is 0 Å². The van der Waals surface area contributed by atoms with E-state index in [4.69, 9.17) is 5.11 Å². The zero-order chi connectivity index (χ0) is 13.0. The number of hydrogen-bond acceptors (Lipinski definition) is 6. The maximum Gasteiger partial charge on any atom is 0.250 e. The second kappa shape index (κ2) is 5.89. The molecule has 0 radical (unpaired) electrons. The second-order valence-electron chi connectivity index (χ2n) is 3.51. The lowest BCUT2D eigenvalue weighted by Gasteiger charge is -2.02. The van der Waals surface area contributed by atoms with Gasteiger partial charge in [-0.15, -0.1) is 22.7 Å². The molecule has 0 aliphatic carbocycles. The van der Waals surface area contributed by atoms with Crippen LogP contribution in [0.3, 0.4) is 0 Å². The quantitative estimate of drug-likeness (QED) is 0.841. The van der Waals surface area contributed by atoms with Crippen molar-refractivity contribution in [3.05, 3.63) is 33.6 Å². The Bertz CT molecular complexity index is 590. The monoisotopic (exact) mass is 304 g/mol. The van der Waals surface area contributed by atoms with Gasteiger partial charge in [-0.3, -0.25) is 0 Å². The van der Waals surface area contributed by atoms with Crippen LogP contribution < -0.4 is 4.72 Å². The molecule has 2 heterocycles. The Kier molecular flexibility index (Phi) is 4.46. The lowest BCUT2D eigenvalue weighted by molar-refractivity contribution is 0.282. The number of thiazole rings is 1. The maximum absolute atomic E-state index is 11.9. The molecule has 0 saturated heterocycles. The van der Waals surface area contributed by atoms with Gasteiger partial charge in [0, 0.05) is 24.5 Å². The zero-order valence-corrected chi connectivity index (χ0v) is 11.8. The van der Waals surface area contributed by atoms with E-state index >= 15 is 0 Å². The van der Waals surface area contributed by atoms with Crippen LogP contribution >= 0.6 is 22.7 Å². The molecule has 0 unspecified atom stereocenters. The summed E-state index contributed by atoms with van der Waals surface area (Å²) in [6, 6.07) is 1.48.